The maximum Gasteiger partial charge on any atom is 0.310 e. The van der Waals surface area contributed by atoms with Gasteiger partial charge in [-0.15, -0.1) is 0 Å². The van der Waals surface area contributed by atoms with Gasteiger partial charge in [0.25, 0.3) is 0 Å². The minimum Gasteiger partial charge on any atom is -0.481 e. The van der Waals surface area contributed by atoms with Gasteiger partial charge in [0.05, 0.1) is 24.2 Å². The van der Waals surface area contributed by atoms with Crippen molar-refractivity contribution in [1.82, 2.24) is 0 Å². The fraction of sp³-hybridized carbons (Fsp3) is 0.900. The average Bonchev–Trinajstić information content (AvgIpc) is 2.80. The maximum absolute atomic E-state index is 12.8. The van der Waals surface area contributed by atoms with Gasteiger partial charge < -0.3 is 20.4 Å². The molecule has 4 fully saturated rings. The highest BCUT2D eigenvalue weighted by Gasteiger charge is 2.70. The molecule has 0 aliphatic heterocycles. The van der Waals surface area contributed by atoms with E-state index >= 15 is 0 Å². The third-order valence-electron chi connectivity index (χ3n) is 13.5. The van der Waals surface area contributed by atoms with Gasteiger partial charge in [0, 0.05) is 5.41 Å². The Morgan fingerprint density at radius 2 is 1.69 bits per heavy atom. The summed E-state index contributed by atoms with van der Waals surface area (Å²) >= 11 is 0. The first-order chi connectivity index (χ1) is 16.2. The maximum atomic E-state index is 12.8. The molecule has 1 unspecified atom stereocenters. The Balaban J connectivity index is 1.62. The van der Waals surface area contributed by atoms with E-state index in [1.165, 1.54) is 5.57 Å². The molecule has 0 bridgehead atoms. The first kappa shape index (κ1) is 25.7. The number of carbonyl (C=O) groups is 1. The zero-order valence-corrected chi connectivity index (χ0v) is 22.7. The van der Waals surface area contributed by atoms with E-state index in [1.807, 2.05) is 6.92 Å². The van der Waals surface area contributed by atoms with Crippen molar-refractivity contribution in [2.45, 2.75) is 105 Å². The van der Waals surface area contributed by atoms with Gasteiger partial charge in [-0.25, -0.2) is 0 Å². The second kappa shape index (κ2) is 7.80. The normalized spacial score (nSPS) is 57.7. The summed E-state index contributed by atoms with van der Waals surface area (Å²) in [5.74, 6) is 0.828. The van der Waals surface area contributed by atoms with Crippen molar-refractivity contribution in [3.8, 4) is 0 Å². The zero-order chi connectivity index (χ0) is 25.8. The number of rotatable bonds is 2. The average molecular weight is 489 g/mol. The van der Waals surface area contributed by atoms with Gasteiger partial charge in [-0.2, -0.15) is 0 Å². The summed E-state index contributed by atoms with van der Waals surface area (Å²) in [5, 5.41) is 42.9. The van der Waals surface area contributed by atoms with E-state index in [9.17, 15) is 25.2 Å². The van der Waals surface area contributed by atoms with Crippen LogP contribution in [0.15, 0.2) is 11.6 Å². The van der Waals surface area contributed by atoms with Crippen LogP contribution < -0.4 is 0 Å². The third kappa shape index (κ3) is 2.95. The summed E-state index contributed by atoms with van der Waals surface area (Å²) in [5.41, 5.74) is -0.214. The molecule has 35 heavy (non-hydrogen) atoms. The SMILES string of the molecule is C[C@H]1[C@H](C)CC[C@]2(C(=O)O)CC[C@]3(C)C(=CCC4[C@]5(C)C[C@@H](O)[C@H](O)[C@@](C)(CO)[C@@H]5CC[C@]43C)[C@H]12. The van der Waals surface area contributed by atoms with Crippen molar-refractivity contribution in [1.29, 1.82) is 0 Å². The number of aliphatic hydroxyl groups excluding tert-OH is 3. The molecule has 5 rings (SSSR count). The Morgan fingerprint density at radius 1 is 1.00 bits per heavy atom. The third-order valence-corrected chi connectivity index (χ3v) is 13.5. The van der Waals surface area contributed by atoms with Crippen LogP contribution in [0.4, 0.5) is 0 Å². The highest BCUT2D eigenvalue weighted by atomic mass is 16.4. The summed E-state index contributed by atoms with van der Waals surface area (Å²) in [4.78, 5) is 12.8. The van der Waals surface area contributed by atoms with E-state index in [4.69, 9.17) is 0 Å². The zero-order valence-electron chi connectivity index (χ0n) is 22.7. The van der Waals surface area contributed by atoms with Crippen LogP contribution >= 0.6 is 0 Å². The Labute approximate surface area is 211 Å². The molecule has 0 aromatic carbocycles. The van der Waals surface area contributed by atoms with Crippen molar-refractivity contribution in [3.05, 3.63) is 11.6 Å². The predicted molar refractivity (Wildman–Crippen MR) is 135 cm³/mol. The summed E-state index contributed by atoms with van der Waals surface area (Å²) < 4.78 is 0. The lowest BCUT2D eigenvalue weighted by Crippen LogP contribution is -2.68. The van der Waals surface area contributed by atoms with Crippen LogP contribution in [-0.2, 0) is 4.79 Å². The summed E-state index contributed by atoms with van der Waals surface area (Å²) in [6.07, 6.45) is 7.51. The summed E-state index contributed by atoms with van der Waals surface area (Å²) in [6.45, 7) is 13.6. The van der Waals surface area contributed by atoms with E-state index in [-0.39, 0.29) is 34.7 Å². The molecule has 12 atom stereocenters. The fourth-order valence-electron chi connectivity index (χ4n) is 11.0. The molecule has 0 heterocycles. The van der Waals surface area contributed by atoms with Gasteiger partial charge in [0.1, 0.15) is 0 Å². The largest absolute Gasteiger partial charge is 0.481 e. The topological polar surface area (TPSA) is 98.0 Å². The van der Waals surface area contributed by atoms with Gasteiger partial charge in [-0.1, -0.05) is 53.2 Å². The van der Waals surface area contributed by atoms with Crippen molar-refractivity contribution in [3.63, 3.8) is 0 Å². The number of hydrogen-bond donors (Lipinski definition) is 4. The number of allylic oxidation sites excluding steroid dienone is 2. The molecule has 198 valence electrons. The molecule has 5 aliphatic rings. The molecule has 5 heteroatoms. The van der Waals surface area contributed by atoms with E-state index in [0.29, 0.717) is 24.2 Å². The van der Waals surface area contributed by atoms with Crippen molar-refractivity contribution < 1.29 is 25.2 Å². The smallest absolute Gasteiger partial charge is 0.310 e. The molecular weight excluding hydrogens is 440 g/mol. The summed E-state index contributed by atoms with van der Waals surface area (Å²) in [6, 6.07) is 0. The summed E-state index contributed by atoms with van der Waals surface area (Å²) in [7, 11) is 0. The standard InChI is InChI=1S/C30H48O5/c1-17-9-12-30(25(34)35)14-13-28(5)19(23(30)18(17)2)7-8-22-26(3)15-20(32)24(33)27(4,16-31)21(26)10-11-29(22,28)6/h7,17-18,20-24,31-33H,8-16H2,1-6H3,(H,34,35)/t17-,18+,20-,21-,22?,23+,24+,26-,27+,28-,29-,30+/m1/s1. The van der Waals surface area contributed by atoms with Crippen LogP contribution in [0, 0.1) is 56.7 Å². The Kier molecular flexibility index (Phi) is 5.73. The second-order valence-electron chi connectivity index (χ2n) is 14.5. The first-order valence-electron chi connectivity index (χ1n) is 14.1. The Bertz CT molecular complexity index is 930. The molecule has 0 spiro atoms. The number of carboxylic acids is 1. The van der Waals surface area contributed by atoms with E-state index in [2.05, 4.69) is 40.7 Å². The molecule has 0 aromatic rings. The monoisotopic (exact) mass is 488 g/mol. The molecule has 4 saturated carbocycles. The van der Waals surface area contributed by atoms with Gasteiger partial charge in [-0.3, -0.25) is 4.79 Å². The van der Waals surface area contributed by atoms with Crippen LogP contribution in [0.1, 0.15) is 92.9 Å². The van der Waals surface area contributed by atoms with Gasteiger partial charge >= 0.3 is 5.97 Å². The molecule has 0 amide bonds. The van der Waals surface area contributed by atoms with Crippen LogP contribution in [0.5, 0.6) is 0 Å². The second-order valence-corrected chi connectivity index (χ2v) is 14.5. The van der Waals surface area contributed by atoms with Crippen molar-refractivity contribution in [2.24, 2.45) is 56.7 Å². The fourth-order valence-corrected chi connectivity index (χ4v) is 11.0. The predicted octanol–water partition coefficient (Wildman–Crippen LogP) is 5.03. The molecule has 5 aliphatic carbocycles. The highest BCUT2D eigenvalue weighted by Crippen LogP contribution is 2.75. The van der Waals surface area contributed by atoms with E-state index < -0.39 is 29.0 Å². The quantitative estimate of drug-likeness (QED) is 0.409. The molecule has 4 N–H and O–H groups in total. The highest BCUT2D eigenvalue weighted by molar-refractivity contribution is 5.76. The Hall–Kier alpha value is -0.910. The number of aliphatic hydroxyl groups is 3. The molecule has 5 nitrogen and oxygen atoms in total. The van der Waals surface area contributed by atoms with Crippen molar-refractivity contribution >= 4 is 5.97 Å². The molecule has 0 saturated heterocycles. The number of aliphatic carboxylic acids is 1. The van der Waals surface area contributed by atoms with E-state index in [1.54, 1.807) is 0 Å². The lowest BCUT2D eigenvalue weighted by Gasteiger charge is -2.71. The van der Waals surface area contributed by atoms with E-state index in [0.717, 1.165) is 44.9 Å². The van der Waals surface area contributed by atoms with Crippen molar-refractivity contribution in [2.75, 3.05) is 6.61 Å². The van der Waals surface area contributed by atoms with Gasteiger partial charge in [0.15, 0.2) is 0 Å². The first-order valence-corrected chi connectivity index (χ1v) is 14.1. The minimum absolute atomic E-state index is 0.00815. The minimum atomic E-state index is -0.907. The number of hydrogen-bond acceptors (Lipinski definition) is 4. The van der Waals surface area contributed by atoms with Crippen LogP contribution in [0.3, 0.4) is 0 Å². The molecule has 0 radical (unpaired) electrons. The molecular formula is C30H48O5. The number of carboxylic acid groups (broad SMARTS) is 1. The Morgan fingerprint density at radius 3 is 2.31 bits per heavy atom. The van der Waals surface area contributed by atoms with Gasteiger partial charge in [0.2, 0.25) is 0 Å². The van der Waals surface area contributed by atoms with Gasteiger partial charge in [-0.05, 0) is 97.2 Å². The number of fused-ring (bicyclic) bond motifs is 7. The lowest BCUT2D eigenvalue weighted by atomic mass is 9.33. The van der Waals surface area contributed by atoms with Crippen LogP contribution in [-0.4, -0.2) is 45.2 Å². The molecule has 0 aromatic heterocycles. The lowest BCUT2D eigenvalue weighted by molar-refractivity contribution is -0.244. The van der Waals surface area contributed by atoms with Crippen LogP contribution in [0.2, 0.25) is 0 Å². The van der Waals surface area contributed by atoms with Crippen LogP contribution in [0.25, 0.3) is 0 Å².